The molecule has 0 aliphatic rings. The topological polar surface area (TPSA) is 91.2 Å². The van der Waals surface area contributed by atoms with Crippen molar-refractivity contribution in [3.8, 4) is 11.8 Å². The van der Waals surface area contributed by atoms with Crippen molar-refractivity contribution in [2.45, 2.75) is 13.5 Å². The molecular formula is C24H21N3O3. The second-order valence-electron chi connectivity index (χ2n) is 6.66. The van der Waals surface area contributed by atoms with Gasteiger partial charge in [0, 0.05) is 6.54 Å². The molecule has 3 aromatic carbocycles. The van der Waals surface area contributed by atoms with Gasteiger partial charge in [-0.3, -0.25) is 9.59 Å². The summed E-state index contributed by atoms with van der Waals surface area (Å²) in [4.78, 5) is 24.9. The zero-order chi connectivity index (χ0) is 21.3. The summed E-state index contributed by atoms with van der Waals surface area (Å²) in [6.07, 6.45) is 0. The lowest BCUT2D eigenvalue weighted by Crippen LogP contribution is -2.26. The van der Waals surface area contributed by atoms with Gasteiger partial charge in [0.2, 0.25) is 0 Å². The van der Waals surface area contributed by atoms with Gasteiger partial charge in [-0.1, -0.05) is 54.1 Å². The molecule has 0 aliphatic heterocycles. The van der Waals surface area contributed by atoms with Crippen LogP contribution in [0.15, 0.2) is 72.8 Å². The molecule has 0 spiro atoms. The Labute approximate surface area is 175 Å². The fourth-order valence-electron chi connectivity index (χ4n) is 2.79. The van der Waals surface area contributed by atoms with E-state index in [2.05, 4.69) is 10.6 Å². The number of nitrogens with one attached hydrogen (secondary N) is 2. The molecule has 0 aliphatic carbocycles. The minimum absolute atomic E-state index is 0.280. The molecule has 0 atom stereocenters. The van der Waals surface area contributed by atoms with Crippen LogP contribution in [0, 0.1) is 18.3 Å². The van der Waals surface area contributed by atoms with E-state index in [0.717, 1.165) is 11.1 Å². The Bertz CT molecular complexity index is 1090. The summed E-state index contributed by atoms with van der Waals surface area (Å²) in [5.74, 6) is -0.386. The number of hydrogen-bond donors (Lipinski definition) is 2. The average Bonchev–Trinajstić information content (AvgIpc) is 2.77. The van der Waals surface area contributed by atoms with E-state index in [-0.39, 0.29) is 12.5 Å². The summed E-state index contributed by atoms with van der Waals surface area (Å²) in [6.45, 7) is 2.11. The second kappa shape index (κ2) is 9.89. The molecule has 0 bridgehead atoms. The van der Waals surface area contributed by atoms with Gasteiger partial charge < -0.3 is 15.4 Å². The van der Waals surface area contributed by atoms with Crippen LogP contribution in [0.2, 0.25) is 0 Å². The number of anilines is 1. The predicted octanol–water partition coefficient (Wildman–Crippen LogP) is 3.81. The van der Waals surface area contributed by atoms with Crippen LogP contribution in [0.3, 0.4) is 0 Å². The van der Waals surface area contributed by atoms with E-state index >= 15 is 0 Å². The minimum Gasteiger partial charge on any atom is -0.482 e. The quantitative estimate of drug-likeness (QED) is 0.632. The average molecular weight is 399 g/mol. The Kier molecular flexibility index (Phi) is 6.80. The molecule has 0 fully saturated rings. The molecule has 150 valence electrons. The van der Waals surface area contributed by atoms with E-state index in [1.165, 1.54) is 0 Å². The second-order valence-corrected chi connectivity index (χ2v) is 6.66. The lowest BCUT2D eigenvalue weighted by molar-refractivity contribution is -0.118. The molecule has 0 saturated heterocycles. The highest BCUT2D eigenvalue weighted by molar-refractivity contribution is 6.04. The largest absolute Gasteiger partial charge is 0.482 e. The molecule has 3 aromatic rings. The molecular weight excluding hydrogens is 378 g/mol. The first-order valence-corrected chi connectivity index (χ1v) is 9.41. The van der Waals surface area contributed by atoms with Crippen LogP contribution in [0.25, 0.3) is 0 Å². The van der Waals surface area contributed by atoms with Crippen LogP contribution in [0.5, 0.6) is 5.75 Å². The Morgan fingerprint density at radius 2 is 1.67 bits per heavy atom. The van der Waals surface area contributed by atoms with Crippen LogP contribution in [-0.2, 0) is 11.3 Å². The van der Waals surface area contributed by atoms with Crippen LogP contribution in [0.1, 0.15) is 27.0 Å². The van der Waals surface area contributed by atoms with Gasteiger partial charge in [-0.15, -0.1) is 0 Å². The lowest BCUT2D eigenvalue weighted by Gasteiger charge is -2.12. The van der Waals surface area contributed by atoms with E-state index in [1.54, 1.807) is 48.5 Å². The number of benzene rings is 3. The van der Waals surface area contributed by atoms with Crippen molar-refractivity contribution in [1.82, 2.24) is 5.32 Å². The van der Waals surface area contributed by atoms with Crippen molar-refractivity contribution < 1.29 is 14.3 Å². The highest BCUT2D eigenvalue weighted by Gasteiger charge is 2.14. The fraction of sp³-hybridized carbons (Fsp3) is 0.125. The number of nitriles is 1. The highest BCUT2D eigenvalue weighted by Crippen LogP contribution is 2.18. The Morgan fingerprint density at radius 3 is 2.43 bits per heavy atom. The molecule has 0 heterocycles. The van der Waals surface area contributed by atoms with Gasteiger partial charge in [0.1, 0.15) is 11.8 Å². The van der Waals surface area contributed by atoms with Crippen LogP contribution >= 0.6 is 0 Å². The number of hydrogen-bond acceptors (Lipinski definition) is 4. The van der Waals surface area contributed by atoms with E-state index in [9.17, 15) is 9.59 Å². The monoisotopic (exact) mass is 399 g/mol. The first-order chi connectivity index (χ1) is 14.6. The summed E-state index contributed by atoms with van der Waals surface area (Å²) in [6, 6.07) is 23.3. The molecule has 6 heteroatoms. The van der Waals surface area contributed by atoms with Crippen LogP contribution in [-0.4, -0.2) is 18.4 Å². The maximum atomic E-state index is 12.6. The van der Waals surface area contributed by atoms with Gasteiger partial charge >= 0.3 is 0 Å². The van der Waals surface area contributed by atoms with Crippen molar-refractivity contribution in [2.24, 2.45) is 0 Å². The van der Waals surface area contributed by atoms with Crippen LogP contribution in [0.4, 0.5) is 5.69 Å². The molecule has 6 nitrogen and oxygen atoms in total. The number of ether oxygens (including phenoxy) is 1. The number of nitrogens with zero attached hydrogens (tertiary/aromatic N) is 1. The molecule has 2 amide bonds. The predicted molar refractivity (Wildman–Crippen MR) is 114 cm³/mol. The molecule has 0 aromatic heterocycles. The SMILES string of the molecule is Cc1ccc(CNC(=O)c2ccccc2NC(=O)COc2ccccc2C#N)cc1. The maximum Gasteiger partial charge on any atom is 0.262 e. The summed E-state index contributed by atoms with van der Waals surface area (Å²) in [5, 5.41) is 14.6. The molecule has 0 saturated carbocycles. The number of carbonyl (C=O) groups is 2. The zero-order valence-electron chi connectivity index (χ0n) is 16.5. The molecule has 0 radical (unpaired) electrons. The smallest absolute Gasteiger partial charge is 0.262 e. The van der Waals surface area contributed by atoms with Crippen molar-refractivity contribution in [3.63, 3.8) is 0 Å². The number of rotatable bonds is 7. The third-order valence-corrected chi connectivity index (χ3v) is 4.39. The van der Waals surface area contributed by atoms with Crippen molar-refractivity contribution >= 4 is 17.5 Å². The summed E-state index contributed by atoms with van der Waals surface area (Å²) in [5.41, 5.74) is 3.23. The lowest BCUT2D eigenvalue weighted by atomic mass is 10.1. The van der Waals surface area contributed by atoms with Gasteiger partial charge in [0.25, 0.3) is 11.8 Å². The van der Waals surface area contributed by atoms with E-state index in [1.807, 2.05) is 37.3 Å². The van der Waals surface area contributed by atoms with Gasteiger partial charge in [0.05, 0.1) is 16.8 Å². The Morgan fingerprint density at radius 1 is 0.967 bits per heavy atom. The standard InChI is InChI=1S/C24H21N3O3/c1-17-10-12-18(13-11-17)15-26-24(29)20-7-3-4-8-21(20)27-23(28)16-30-22-9-5-2-6-19(22)14-25/h2-13H,15-16H2,1H3,(H,26,29)(H,27,28). The molecule has 2 N–H and O–H groups in total. The van der Waals surface area contributed by atoms with Crippen molar-refractivity contribution in [2.75, 3.05) is 11.9 Å². The summed E-state index contributed by atoms with van der Waals surface area (Å²) in [7, 11) is 0. The number of aryl methyl sites for hydroxylation is 1. The third kappa shape index (κ3) is 5.46. The first-order valence-electron chi connectivity index (χ1n) is 9.41. The number of para-hydroxylation sites is 2. The van der Waals surface area contributed by atoms with E-state index < -0.39 is 5.91 Å². The van der Waals surface area contributed by atoms with E-state index in [4.69, 9.17) is 10.00 Å². The maximum absolute atomic E-state index is 12.6. The fourth-order valence-corrected chi connectivity index (χ4v) is 2.79. The van der Waals surface area contributed by atoms with Gasteiger partial charge in [-0.2, -0.15) is 5.26 Å². The molecule has 30 heavy (non-hydrogen) atoms. The third-order valence-electron chi connectivity index (χ3n) is 4.39. The molecule has 3 rings (SSSR count). The van der Waals surface area contributed by atoms with Crippen LogP contribution < -0.4 is 15.4 Å². The first kappa shape index (κ1) is 20.6. The van der Waals surface area contributed by atoms with Crippen molar-refractivity contribution in [1.29, 1.82) is 5.26 Å². The van der Waals surface area contributed by atoms with Gasteiger partial charge in [-0.05, 0) is 36.8 Å². The highest BCUT2D eigenvalue weighted by atomic mass is 16.5. The Balaban J connectivity index is 1.61. The number of carbonyl (C=O) groups excluding carboxylic acids is 2. The van der Waals surface area contributed by atoms with Gasteiger partial charge in [0.15, 0.2) is 6.61 Å². The molecule has 0 unspecified atom stereocenters. The minimum atomic E-state index is -0.429. The summed E-state index contributed by atoms with van der Waals surface area (Å²) < 4.78 is 5.44. The number of amides is 2. The Hall–Kier alpha value is -4.11. The van der Waals surface area contributed by atoms with Crippen molar-refractivity contribution in [3.05, 3.63) is 95.1 Å². The summed E-state index contributed by atoms with van der Waals surface area (Å²) >= 11 is 0. The van der Waals surface area contributed by atoms with Gasteiger partial charge in [-0.25, -0.2) is 0 Å². The van der Waals surface area contributed by atoms with E-state index in [0.29, 0.717) is 29.1 Å². The zero-order valence-corrected chi connectivity index (χ0v) is 16.5. The normalized spacial score (nSPS) is 10.0.